The molecule has 0 aliphatic carbocycles. The zero-order valence-corrected chi connectivity index (χ0v) is 18.4. The molecule has 0 saturated heterocycles. The van der Waals surface area contributed by atoms with Gasteiger partial charge in [-0.15, -0.1) is 0 Å². The summed E-state index contributed by atoms with van der Waals surface area (Å²) in [4.78, 5) is 16.4. The van der Waals surface area contributed by atoms with Gasteiger partial charge in [0.15, 0.2) is 0 Å². The van der Waals surface area contributed by atoms with Crippen LogP contribution in [-0.2, 0) is 6.42 Å². The summed E-state index contributed by atoms with van der Waals surface area (Å²) >= 11 is 0. The highest BCUT2D eigenvalue weighted by molar-refractivity contribution is 5.76. The number of hydrogen-bond acceptors (Lipinski definition) is 6. The lowest BCUT2D eigenvalue weighted by Gasteiger charge is -2.09. The Bertz CT molecular complexity index is 1190. The van der Waals surface area contributed by atoms with Crippen molar-refractivity contribution in [2.45, 2.75) is 20.3 Å². The molecule has 3 aromatic rings. The van der Waals surface area contributed by atoms with Crippen molar-refractivity contribution in [1.29, 1.82) is 5.26 Å². The van der Waals surface area contributed by atoms with Crippen LogP contribution < -0.4 is 5.73 Å². The number of hydrogen-bond donors (Lipinski definition) is 1. The molecule has 3 heterocycles. The maximum Gasteiger partial charge on any atom is 0.112 e. The quantitative estimate of drug-likeness (QED) is 0.451. The van der Waals surface area contributed by atoms with Crippen LogP contribution in [0.15, 0.2) is 72.1 Å². The standard InChI is InChI=1S/C24H20FN5.CH5N/c1-16-8-21(15-28-13-16)22(5-6-27-3)23(25)11-18-10-20(12-26)24(30-14-18)19-4-7-29-17(2)9-19;1-2/h4-10,13-15H,3,11H2,1-2H3;2H2,1H3/b6-5-,23-22-;. The Kier molecular flexibility index (Phi) is 9.08. The van der Waals surface area contributed by atoms with Gasteiger partial charge >= 0.3 is 0 Å². The number of rotatable bonds is 6. The zero-order valence-electron chi connectivity index (χ0n) is 18.4. The van der Waals surface area contributed by atoms with Crippen molar-refractivity contribution in [3.63, 3.8) is 0 Å². The lowest BCUT2D eigenvalue weighted by molar-refractivity contribution is 0.616. The fraction of sp³-hybridized carbons (Fsp3) is 0.160. The first kappa shape index (κ1) is 24.3. The summed E-state index contributed by atoms with van der Waals surface area (Å²) in [5, 5.41) is 9.59. The minimum atomic E-state index is -0.375. The van der Waals surface area contributed by atoms with Gasteiger partial charge in [-0.1, -0.05) is 0 Å². The van der Waals surface area contributed by atoms with Gasteiger partial charge in [-0.2, -0.15) is 5.26 Å². The van der Waals surface area contributed by atoms with E-state index in [-0.39, 0.29) is 12.2 Å². The highest BCUT2D eigenvalue weighted by atomic mass is 19.1. The third-order valence-electron chi connectivity index (χ3n) is 4.42. The summed E-state index contributed by atoms with van der Waals surface area (Å²) in [5.74, 6) is -0.375. The first-order chi connectivity index (χ1) is 15.5. The predicted molar refractivity (Wildman–Crippen MR) is 126 cm³/mol. The van der Waals surface area contributed by atoms with Gasteiger partial charge in [-0.05, 0) is 69.1 Å². The molecule has 0 fully saturated rings. The molecule has 0 saturated carbocycles. The molecule has 162 valence electrons. The average Bonchev–Trinajstić information content (AvgIpc) is 2.80. The smallest absolute Gasteiger partial charge is 0.112 e. The van der Waals surface area contributed by atoms with Crippen LogP contribution in [0.3, 0.4) is 0 Å². The number of allylic oxidation sites excluding steroid dienone is 3. The Morgan fingerprint density at radius 3 is 2.62 bits per heavy atom. The van der Waals surface area contributed by atoms with Crippen LogP contribution in [0.25, 0.3) is 16.8 Å². The molecule has 0 amide bonds. The molecule has 0 bridgehead atoms. The molecule has 32 heavy (non-hydrogen) atoms. The summed E-state index contributed by atoms with van der Waals surface area (Å²) in [7, 11) is 1.50. The number of aromatic nitrogens is 3. The third-order valence-corrected chi connectivity index (χ3v) is 4.42. The first-order valence-electron chi connectivity index (χ1n) is 9.84. The van der Waals surface area contributed by atoms with Gasteiger partial charge in [0.25, 0.3) is 0 Å². The topological polar surface area (TPSA) is 101 Å². The Balaban J connectivity index is 0.00000176. The van der Waals surface area contributed by atoms with E-state index in [1.807, 2.05) is 26.0 Å². The SMILES string of the molecule is C=N/C=C\C(=C(\F)Cc1cnc(-c2ccnc(C)c2)c(C#N)c1)c1cncc(C)c1.CN. The zero-order chi connectivity index (χ0) is 23.5. The largest absolute Gasteiger partial charge is 0.333 e. The number of nitrogens with two attached hydrogens (primary N) is 1. The molecule has 0 radical (unpaired) electrons. The Morgan fingerprint density at radius 1 is 1.19 bits per heavy atom. The molecule has 0 aliphatic rings. The summed E-state index contributed by atoms with van der Waals surface area (Å²) in [6, 6.07) is 9.34. The van der Waals surface area contributed by atoms with Crippen LogP contribution in [-0.4, -0.2) is 28.7 Å². The van der Waals surface area contributed by atoms with Crippen molar-refractivity contribution in [3.8, 4) is 17.3 Å². The number of nitrogens with zero attached hydrogens (tertiary/aromatic N) is 5. The van der Waals surface area contributed by atoms with Crippen LogP contribution in [0.1, 0.15) is 27.9 Å². The van der Waals surface area contributed by atoms with E-state index in [9.17, 15) is 5.26 Å². The van der Waals surface area contributed by atoms with E-state index in [4.69, 9.17) is 0 Å². The van der Waals surface area contributed by atoms with Crippen LogP contribution >= 0.6 is 0 Å². The van der Waals surface area contributed by atoms with Crippen LogP contribution in [0.5, 0.6) is 0 Å². The van der Waals surface area contributed by atoms with Gasteiger partial charge < -0.3 is 5.73 Å². The van der Waals surface area contributed by atoms with Crippen molar-refractivity contribution < 1.29 is 4.39 Å². The van der Waals surface area contributed by atoms with Crippen LogP contribution in [0, 0.1) is 25.2 Å². The summed E-state index contributed by atoms with van der Waals surface area (Å²) in [6.07, 6.45) is 9.55. The molecule has 0 unspecified atom stereocenters. The minimum Gasteiger partial charge on any atom is -0.333 e. The van der Waals surface area contributed by atoms with E-state index in [2.05, 4.69) is 38.5 Å². The Labute approximate surface area is 187 Å². The van der Waals surface area contributed by atoms with E-state index < -0.39 is 0 Å². The van der Waals surface area contributed by atoms with Crippen molar-refractivity contribution in [3.05, 3.63) is 95.1 Å². The molecule has 7 heteroatoms. The van der Waals surface area contributed by atoms with Crippen LogP contribution in [0.2, 0.25) is 0 Å². The number of aryl methyl sites for hydroxylation is 2. The number of pyridine rings is 3. The predicted octanol–water partition coefficient (Wildman–Crippen LogP) is 4.74. The van der Waals surface area contributed by atoms with E-state index in [0.29, 0.717) is 28.0 Å². The van der Waals surface area contributed by atoms with Crippen LogP contribution in [0.4, 0.5) is 4.39 Å². The van der Waals surface area contributed by atoms with Crippen molar-refractivity contribution in [2.24, 2.45) is 10.7 Å². The third kappa shape index (κ3) is 6.24. The maximum absolute atomic E-state index is 15.2. The van der Waals surface area contributed by atoms with Gasteiger partial charge in [-0.3, -0.25) is 19.9 Å². The van der Waals surface area contributed by atoms with Gasteiger partial charge in [0.1, 0.15) is 11.9 Å². The molecular formula is C25H25FN6. The molecular weight excluding hydrogens is 403 g/mol. The van der Waals surface area contributed by atoms with Gasteiger partial charge in [0.05, 0.1) is 11.3 Å². The monoisotopic (exact) mass is 428 g/mol. The lowest BCUT2D eigenvalue weighted by atomic mass is 10.0. The summed E-state index contributed by atoms with van der Waals surface area (Å²) < 4.78 is 15.2. The second kappa shape index (κ2) is 12.0. The molecule has 6 nitrogen and oxygen atoms in total. The first-order valence-corrected chi connectivity index (χ1v) is 9.84. The van der Waals surface area contributed by atoms with E-state index in [1.54, 1.807) is 43.0 Å². The molecule has 0 aliphatic heterocycles. The molecule has 2 N–H and O–H groups in total. The summed E-state index contributed by atoms with van der Waals surface area (Å²) in [6.45, 7) is 7.17. The molecule has 0 spiro atoms. The summed E-state index contributed by atoms with van der Waals surface area (Å²) in [5.41, 5.74) is 9.59. The van der Waals surface area contributed by atoms with Gasteiger partial charge in [0, 0.05) is 59.8 Å². The lowest BCUT2D eigenvalue weighted by Crippen LogP contribution is -1.97. The van der Waals surface area contributed by atoms with Gasteiger partial charge in [-0.25, -0.2) is 4.39 Å². The van der Waals surface area contributed by atoms with E-state index >= 15 is 4.39 Å². The maximum atomic E-state index is 15.2. The van der Waals surface area contributed by atoms with Crippen molar-refractivity contribution >= 4 is 12.3 Å². The second-order valence-corrected chi connectivity index (χ2v) is 6.78. The van der Waals surface area contributed by atoms with Crippen molar-refractivity contribution in [2.75, 3.05) is 7.05 Å². The number of aliphatic imine (C=N–C) groups is 1. The number of halogens is 1. The van der Waals surface area contributed by atoms with Gasteiger partial charge in [0.2, 0.25) is 0 Å². The van der Waals surface area contributed by atoms with E-state index in [1.165, 1.54) is 13.2 Å². The number of nitriles is 1. The molecule has 3 rings (SSSR count). The minimum absolute atomic E-state index is 0.0118. The fourth-order valence-corrected chi connectivity index (χ4v) is 3.06. The fourth-order valence-electron chi connectivity index (χ4n) is 3.06. The molecule has 0 aromatic carbocycles. The Morgan fingerprint density at radius 2 is 1.97 bits per heavy atom. The average molecular weight is 429 g/mol. The highest BCUT2D eigenvalue weighted by Gasteiger charge is 2.13. The Hall–Kier alpha value is -4.02. The molecule has 0 atom stereocenters. The highest BCUT2D eigenvalue weighted by Crippen LogP contribution is 2.27. The second-order valence-electron chi connectivity index (χ2n) is 6.78. The normalized spacial score (nSPS) is 11.2. The molecule has 3 aromatic heterocycles. The van der Waals surface area contributed by atoms with E-state index in [0.717, 1.165) is 16.8 Å². The van der Waals surface area contributed by atoms with Crippen molar-refractivity contribution in [1.82, 2.24) is 15.0 Å².